The van der Waals surface area contributed by atoms with Crippen LogP contribution in [0, 0.1) is 0 Å². The zero-order valence-corrected chi connectivity index (χ0v) is 19.6. The highest BCUT2D eigenvalue weighted by Crippen LogP contribution is 2.28. The maximum Gasteiger partial charge on any atom is 0.356 e. The van der Waals surface area contributed by atoms with Crippen LogP contribution in [-0.4, -0.2) is 54.4 Å². The lowest BCUT2D eigenvalue weighted by Gasteiger charge is -2.35. The van der Waals surface area contributed by atoms with Gasteiger partial charge in [0.05, 0.1) is 19.3 Å². The van der Waals surface area contributed by atoms with Crippen molar-refractivity contribution in [3.8, 4) is 11.5 Å². The SMILES string of the molecule is COC(=O)c1ccnc(N(Cc2cc(OC(C)C)cc(OC(C)C)c2)C2CCNCC2)n1. The highest BCUT2D eigenvalue weighted by Gasteiger charge is 2.25. The van der Waals surface area contributed by atoms with Crippen LogP contribution in [0.2, 0.25) is 0 Å². The molecule has 0 radical (unpaired) electrons. The molecule has 1 saturated heterocycles. The van der Waals surface area contributed by atoms with Gasteiger partial charge in [-0.3, -0.25) is 0 Å². The van der Waals surface area contributed by atoms with Crippen molar-refractivity contribution in [2.24, 2.45) is 0 Å². The van der Waals surface area contributed by atoms with Crippen molar-refractivity contribution < 1.29 is 19.0 Å². The fourth-order valence-corrected chi connectivity index (χ4v) is 3.79. The summed E-state index contributed by atoms with van der Waals surface area (Å²) in [6.07, 6.45) is 3.64. The second-order valence-corrected chi connectivity index (χ2v) is 8.49. The third kappa shape index (κ3) is 6.56. The average Bonchev–Trinajstić information content (AvgIpc) is 2.76. The molecule has 1 fully saturated rings. The third-order valence-electron chi connectivity index (χ3n) is 5.08. The number of ether oxygens (including phenoxy) is 3. The second kappa shape index (κ2) is 11.1. The molecule has 1 aliphatic rings. The Morgan fingerprint density at radius 3 is 2.28 bits per heavy atom. The summed E-state index contributed by atoms with van der Waals surface area (Å²) in [7, 11) is 1.35. The molecule has 0 spiro atoms. The maximum atomic E-state index is 12.0. The summed E-state index contributed by atoms with van der Waals surface area (Å²) in [6, 6.07) is 7.80. The number of methoxy groups -OCH3 is 1. The van der Waals surface area contributed by atoms with Crippen LogP contribution in [0.4, 0.5) is 5.95 Å². The molecule has 0 aliphatic carbocycles. The number of nitrogens with one attached hydrogen (secondary N) is 1. The zero-order valence-electron chi connectivity index (χ0n) is 19.6. The molecule has 0 unspecified atom stereocenters. The van der Waals surface area contributed by atoms with E-state index in [0.717, 1.165) is 43.0 Å². The molecule has 2 aromatic rings. The smallest absolute Gasteiger partial charge is 0.356 e. The predicted molar refractivity (Wildman–Crippen MR) is 123 cm³/mol. The molecule has 0 amide bonds. The first kappa shape index (κ1) is 23.8. The Morgan fingerprint density at radius 1 is 1.09 bits per heavy atom. The van der Waals surface area contributed by atoms with E-state index >= 15 is 0 Å². The number of aromatic nitrogens is 2. The van der Waals surface area contributed by atoms with E-state index in [1.807, 2.05) is 45.9 Å². The van der Waals surface area contributed by atoms with Gasteiger partial charge in [-0.15, -0.1) is 0 Å². The molecule has 3 rings (SSSR count). The summed E-state index contributed by atoms with van der Waals surface area (Å²) in [5.41, 5.74) is 1.28. The normalized spacial score (nSPS) is 14.5. The quantitative estimate of drug-likeness (QED) is 0.590. The van der Waals surface area contributed by atoms with Crippen molar-refractivity contribution in [2.45, 2.75) is 65.3 Å². The molecule has 0 bridgehead atoms. The fourth-order valence-electron chi connectivity index (χ4n) is 3.79. The van der Waals surface area contributed by atoms with Crippen LogP contribution >= 0.6 is 0 Å². The molecule has 174 valence electrons. The number of nitrogens with zero attached hydrogens (tertiary/aromatic N) is 3. The van der Waals surface area contributed by atoms with Gasteiger partial charge in [0.25, 0.3) is 0 Å². The first-order valence-corrected chi connectivity index (χ1v) is 11.2. The molecule has 8 nitrogen and oxygen atoms in total. The van der Waals surface area contributed by atoms with Crippen LogP contribution in [-0.2, 0) is 11.3 Å². The molecular formula is C24H34N4O4. The van der Waals surface area contributed by atoms with Crippen LogP contribution in [0.5, 0.6) is 11.5 Å². The van der Waals surface area contributed by atoms with Gasteiger partial charge in [-0.1, -0.05) is 0 Å². The van der Waals surface area contributed by atoms with Gasteiger partial charge >= 0.3 is 5.97 Å². The van der Waals surface area contributed by atoms with E-state index in [1.54, 1.807) is 12.3 Å². The number of hydrogen-bond donors (Lipinski definition) is 1. The van der Waals surface area contributed by atoms with E-state index in [9.17, 15) is 4.79 Å². The summed E-state index contributed by atoms with van der Waals surface area (Å²) in [5, 5.41) is 3.40. The van der Waals surface area contributed by atoms with Crippen LogP contribution < -0.4 is 19.7 Å². The van der Waals surface area contributed by atoms with Crippen molar-refractivity contribution in [1.82, 2.24) is 15.3 Å². The highest BCUT2D eigenvalue weighted by atomic mass is 16.5. The van der Waals surface area contributed by atoms with E-state index in [4.69, 9.17) is 14.2 Å². The number of rotatable bonds is 9. The van der Waals surface area contributed by atoms with Gasteiger partial charge < -0.3 is 24.4 Å². The highest BCUT2D eigenvalue weighted by molar-refractivity contribution is 5.87. The van der Waals surface area contributed by atoms with E-state index in [2.05, 4.69) is 20.2 Å². The van der Waals surface area contributed by atoms with Crippen molar-refractivity contribution in [3.63, 3.8) is 0 Å². The number of carbonyl (C=O) groups is 1. The van der Waals surface area contributed by atoms with Crippen LogP contribution in [0.15, 0.2) is 30.5 Å². The van der Waals surface area contributed by atoms with Gasteiger partial charge in [0.2, 0.25) is 5.95 Å². The Hall–Kier alpha value is -2.87. The molecule has 0 saturated carbocycles. The third-order valence-corrected chi connectivity index (χ3v) is 5.08. The number of anilines is 1. The van der Waals surface area contributed by atoms with Gasteiger partial charge in [-0.25, -0.2) is 14.8 Å². The monoisotopic (exact) mass is 442 g/mol. The lowest BCUT2D eigenvalue weighted by Crippen LogP contribution is -2.43. The van der Waals surface area contributed by atoms with E-state index < -0.39 is 5.97 Å². The number of hydrogen-bond acceptors (Lipinski definition) is 8. The fraction of sp³-hybridized carbons (Fsp3) is 0.542. The van der Waals surface area contributed by atoms with Crippen molar-refractivity contribution in [3.05, 3.63) is 41.7 Å². The predicted octanol–water partition coefficient (Wildman–Crippen LogP) is 3.60. The van der Waals surface area contributed by atoms with Crippen molar-refractivity contribution in [1.29, 1.82) is 0 Å². The summed E-state index contributed by atoms with van der Waals surface area (Å²) < 4.78 is 16.8. The summed E-state index contributed by atoms with van der Waals surface area (Å²) in [5.74, 6) is 1.57. The lowest BCUT2D eigenvalue weighted by molar-refractivity contribution is 0.0594. The van der Waals surface area contributed by atoms with Crippen molar-refractivity contribution >= 4 is 11.9 Å². The Kier molecular flexibility index (Phi) is 8.27. The molecule has 32 heavy (non-hydrogen) atoms. The van der Waals surface area contributed by atoms with Gasteiger partial charge in [0.15, 0.2) is 5.69 Å². The van der Waals surface area contributed by atoms with Gasteiger partial charge in [0, 0.05) is 24.8 Å². The maximum absolute atomic E-state index is 12.0. The molecule has 1 N–H and O–H groups in total. The molecule has 8 heteroatoms. The van der Waals surface area contributed by atoms with Crippen LogP contribution in [0.1, 0.15) is 56.6 Å². The summed E-state index contributed by atoms with van der Waals surface area (Å²) in [6.45, 7) is 10.4. The zero-order chi connectivity index (χ0) is 23.1. The Labute approximate surface area is 190 Å². The topological polar surface area (TPSA) is 85.8 Å². The molecule has 1 aromatic heterocycles. The first-order valence-electron chi connectivity index (χ1n) is 11.2. The van der Waals surface area contributed by atoms with E-state index in [1.165, 1.54) is 7.11 Å². The van der Waals surface area contributed by atoms with Gasteiger partial charge in [-0.2, -0.15) is 0 Å². The Morgan fingerprint density at radius 2 is 1.72 bits per heavy atom. The van der Waals surface area contributed by atoms with Gasteiger partial charge in [0.1, 0.15) is 11.5 Å². The second-order valence-electron chi connectivity index (χ2n) is 8.49. The average molecular weight is 443 g/mol. The van der Waals surface area contributed by atoms with Crippen LogP contribution in [0.25, 0.3) is 0 Å². The minimum Gasteiger partial charge on any atom is -0.491 e. The number of benzene rings is 1. The molecule has 2 heterocycles. The molecule has 1 aromatic carbocycles. The summed E-state index contributed by atoms with van der Waals surface area (Å²) >= 11 is 0. The molecular weight excluding hydrogens is 408 g/mol. The largest absolute Gasteiger partial charge is 0.491 e. The Balaban J connectivity index is 1.96. The van der Waals surface area contributed by atoms with Crippen LogP contribution in [0.3, 0.4) is 0 Å². The van der Waals surface area contributed by atoms with Crippen molar-refractivity contribution in [2.75, 3.05) is 25.1 Å². The minimum absolute atomic E-state index is 0.0535. The van der Waals surface area contributed by atoms with E-state index in [-0.39, 0.29) is 23.9 Å². The summed E-state index contributed by atoms with van der Waals surface area (Å²) in [4.78, 5) is 23.2. The molecule has 1 aliphatic heterocycles. The number of carbonyl (C=O) groups excluding carboxylic acids is 1. The standard InChI is InChI=1S/C24H34N4O4/c1-16(2)31-20-12-18(13-21(14-20)32-17(3)4)15-28(19-6-9-25-10-7-19)24-26-11-8-22(27-24)23(29)30-5/h8,11-14,16-17,19,25H,6-7,9-10,15H2,1-5H3. The number of esters is 1. The first-order chi connectivity index (χ1) is 15.4. The molecule has 0 atom stereocenters. The minimum atomic E-state index is -0.473. The van der Waals surface area contributed by atoms with E-state index in [0.29, 0.717) is 12.5 Å². The van der Waals surface area contributed by atoms with Gasteiger partial charge in [-0.05, 0) is 77.4 Å². The Bertz CT molecular complexity index is 869. The number of piperidine rings is 1. The lowest BCUT2D eigenvalue weighted by atomic mass is 10.0.